The summed E-state index contributed by atoms with van der Waals surface area (Å²) >= 11 is 0. The maximum absolute atomic E-state index is 14.3. The lowest BCUT2D eigenvalue weighted by Gasteiger charge is -2.32. The van der Waals surface area contributed by atoms with Crippen molar-refractivity contribution in [2.45, 2.75) is 62.6 Å². The fourth-order valence-corrected chi connectivity index (χ4v) is 6.00. The minimum absolute atomic E-state index is 0.0628. The van der Waals surface area contributed by atoms with Crippen molar-refractivity contribution in [1.29, 1.82) is 0 Å². The SMILES string of the molecule is CN(CC1NNC2CCCCC21)C(=O)CC1(c2cccc(F)c2)CC(=O)N(Cc2cccnc2)C1=O. The van der Waals surface area contributed by atoms with E-state index in [0.717, 1.165) is 12.8 Å². The molecule has 36 heavy (non-hydrogen) atoms. The molecule has 3 heterocycles. The van der Waals surface area contributed by atoms with Gasteiger partial charge in [-0.25, -0.2) is 4.39 Å². The maximum Gasteiger partial charge on any atom is 0.241 e. The van der Waals surface area contributed by atoms with Gasteiger partial charge in [-0.05, 0) is 48.1 Å². The summed E-state index contributed by atoms with van der Waals surface area (Å²) in [6.07, 6.45) is 7.47. The van der Waals surface area contributed by atoms with Gasteiger partial charge in [0, 0.05) is 50.9 Å². The molecule has 2 saturated heterocycles. The first-order chi connectivity index (χ1) is 17.4. The van der Waals surface area contributed by atoms with Crippen molar-refractivity contribution in [1.82, 2.24) is 25.6 Å². The minimum atomic E-state index is -1.44. The number of likely N-dealkylation sites (N-methyl/N-ethyl adjacent to an activating group) is 1. The molecule has 0 radical (unpaired) electrons. The van der Waals surface area contributed by atoms with E-state index >= 15 is 0 Å². The van der Waals surface area contributed by atoms with Crippen LogP contribution in [-0.2, 0) is 26.3 Å². The summed E-state index contributed by atoms with van der Waals surface area (Å²) in [5, 5.41) is 0. The Morgan fingerprint density at radius 1 is 1.19 bits per heavy atom. The van der Waals surface area contributed by atoms with Crippen LogP contribution in [0.5, 0.6) is 0 Å². The summed E-state index contributed by atoms with van der Waals surface area (Å²) in [7, 11) is 1.73. The van der Waals surface area contributed by atoms with Gasteiger partial charge in [-0.2, -0.15) is 0 Å². The summed E-state index contributed by atoms with van der Waals surface area (Å²) in [6.45, 7) is 0.557. The average molecular weight is 494 g/mol. The minimum Gasteiger partial charge on any atom is -0.344 e. The lowest BCUT2D eigenvalue weighted by Crippen LogP contribution is -2.46. The molecule has 190 valence electrons. The van der Waals surface area contributed by atoms with E-state index in [4.69, 9.17) is 0 Å². The highest BCUT2D eigenvalue weighted by Crippen LogP contribution is 2.41. The molecule has 0 spiro atoms. The third kappa shape index (κ3) is 4.65. The second-order valence-electron chi connectivity index (χ2n) is 10.3. The number of hydrazine groups is 1. The molecule has 4 atom stereocenters. The van der Waals surface area contributed by atoms with Gasteiger partial charge in [-0.1, -0.05) is 31.0 Å². The zero-order valence-electron chi connectivity index (χ0n) is 20.5. The van der Waals surface area contributed by atoms with Gasteiger partial charge in [0.1, 0.15) is 5.82 Å². The van der Waals surface area contributed by atoms with E-state index in [0.29, 0.717) is 29.6 Å². The number of benzene rings is 1. The van der Waals surface area contributed by atoms with Crippen LogP contribution in [-0.4, -0.2) is 58.2 Å². The van der Waals surface area contributed by atoms with Crippen molar-refractivity contribution in [2.24, 2.45) is 5.92 Å². The van der Waals surface area contributed by atoms with Crippen molar-refractivity contribution < 1.29 is 18.8 Å². The molecule has 3 amide bonds. The average Bonchev–Trinajstić information content (AvgIpc) is 3.39. The number of rotatable bonds is 7. The van der Waals surface area contributed by atoms with Crippen LogP contribution < -0.4 is 10.9 Å². The summed E-state index contributed by atoms with van der Waals surface area (Å²) < 4.78 is 14.3. The summed E-state index contributed by atoms with van der Waals surface area (Å²) in [5.74, 6) is -1.16. The molecule has 1 aromatic heterocycles. The largest absolute Gasteiger partial charge is 0.344 e. The van der Waals surface area contributed by atoms with Gasteiger partial charge in [-0.15, -0.1) is 0 Å². The first-order valence-corrected chi connectivity index (χ1v) is 12.6. The first kappa shape index (κ1) is 24.5. The molecule has 8 nitrogen and oxygen atoms in total. The Morgan fingerprint density at radius 2 is 2.03 bits per heavy atom. The summed E-state index contributed by atoms with van der Waals surface area (Å²) in [4.78, 5) is 47.3. The lowest BCUT2D eigenvalue weighted by atomic mass is 9.75. The van der Waals surface area contributed by atoms with Gasteiger partial charge in [0.05, 0.1) is 12.0 Å². The van der Waals surface area contributed by atoms with Crippen molar-refractivity contribution >= 4 is 17.7 Å². The number of fused-ring (bicyclic) bond motifs is 1. The number of nitrogens with one attached hydrogen (secondary N) is 2. The normalized spacial score (nSPS) is 27.8. The number of hydrogen-bond donors (Lipinski definition) is 2. The van der Waals surface area contributed by atoms with Gasteiger partial charge in [-0.3, -0.25) is 35.1 Å². The number of imide groups is 1. The molecule has 5 rings (SSSR count). The quantitative estimate of drug-likeness (QED) is 0.575. The second-order valence-corrected chi connectivity index (χ2v) is 10.3. The molecule has 2 aromatic rings. The van der Waals surface area contributed by atoms with E-state index in [1.165, 1.54) is 35.9 Å². The monoisotopic (exact) mass is 493 g/mol. The highest BCUT2D eigenvalue weighted by atomic mass is 19.1. The Labute approximate surface area is 210 Å². The van der Waals surface area contributed by atoms with Gasteiger partial charge < -0.3 is 4.90 Å². The predicted octanol–water partition coefficient (Wildman–Crippen LogP) is 2.30. The molecule has 0 bridgehead atoms. The van der Waals surface area contributed by atoms with Crippen LogP contribution in [0.3, 0.4) is 0 Å². The number of carbonyl (C=O) groups is 3. The Balaban J connectivity index is 1.38. The fraction of sp³-hybridized carbons (Fsp3) is 0.481. The Hall–Kier alpha value is -3.17. The summed E-state index contributed by atoms with van der Waals surface area (Å²) in [6, 6.07) is 9.76. The van der Waals surface area contributed by atoms with Gasteiger partial charge in [0.25, 0.3) is 0 Å². The summed E-state index contributed by atoms with van der Waals surface area (Å²) in [5.41, 5.74) is 6.33. The molecule has 4 unspecified atom stereocenters. The number of carbonyl (C=O) groups excluding carboxylic acids is 3. The van der Waals surface area contributed by atoms with Crippen molar-refractivity contribution in [3.8, 4) is 0 Å². The first-order valence-electron chi connectivity index (χ1n) is 12.6. The molecular weight excluding hydrogens is 461 g/mol. The number of hydrogen-bond acceptors (Lipinski definition) is 6. The Kier molecular flexibility index (Phi) is 6.85. The molecule has 3 aliphatic rings. The topological polar surface area (TPSA) is 94.6 Å². The third-order valence-corrected chi connectivity index (χ3v) is 7.99. The predicted molar refractivity (Wildman–Crippen MR) is 131 cm³/mol. The molecule has 2 aliphatic heterocycles. The third-order valence-electron chi connectivity index (χ3n) is 7.99. The molecule has 1 aliphatic carbocycles. The Bertz CT molecular complexity index is 1150. The van der Waals surface area contributed by atoms with Gasteiger partial charge in [0.15, 0.2) is 0 Å². The van der Waals surface area contributed by atoms with Crippen molar-refractivity contribution in [3.05, 3.63) is 65.7 Å². The van der Waals surface area contributed by atoms with Crippen LogP contribution in [0.2, 0.25) is 0 Å². The second kappa shape index (κ2) is 10.1. The van der Waals surface area contributed by atoms with Crippen LogP contribution in [0, 0.1) is 11.7 Å². The Morgan fingerprint density at radius 3 is 2.81 bits per heavy atom. The number of aromatic nitrogens is 1. The van der Waals surface area contributed by atoms with Crippen LogP contribution in [0.15, 0.2) is 48.8 Å². The van der Waals surface area contributed by atoms with Crippen molar-refractivity contribution in [2.75, 3.05) is 13.6 Å². The highest BCUT2D eigenvalue weighted by molar-refractivity contribution is 6.10. The van der Waals surface area contributed by atoms with E-state index in [2.05, 4.69) is 15.8 Å². The number of amides is 3. The smallest absolute Gasteiger partial charge is 0.241 e. The number of pyridine rings is 1. The molecule has 9 heteroatoms. The molecule has 2 N–H and O–H groups in total. The van der Waals surface area contributed by atoms with E-state index in [1.54, 1.807) is 42.5 Å². The van der Waals surface area contributed by atoms with Crippen LogP contribution in [0.4, 0.5) is 4.39 Å². The van der Waals surface area contributed by atoms with E-state index in [9.17, 15) is 18.8 Å². The van der Waals surface area contributed by atoms with Gasteiger partial charge in [0.2, 0.25) is 17.7 Å². The molecule has 1 saturated carbocycles. The van der Waals surface area contributed by atoms with Crippen LogP contribution in [0.25, 0.3) is 0 Å². The number of halogens is 1. The zero-order chi connectivity index (χ0) is 25.3. The maximum atomic E-state index is 14.3. The van der Waals surface area contributed by atoms with E-state index < -0.39 is 17.1 Å². The molecular formula is C27H32FN5O3. The zero-order valence-corrected chi connectivity index (χ0v) is 20.5. The fourth-order valence-electron chi connectivity index (χ4n) is 6.00. The van der Waals surface area contributed by atoms with Crippen molar-refractivity contribution in [3.63, 3.8) is 0 Å². The van der Waals surface area contributed by atoms with E-state index in [-0.39, 0.29) is 37.2 Å². The number of likely N-dealkylation sites (tertiary alicyclic amines) is 1. The van der Waals surface area contributed by atoms with Crippen LogP contribution in [0.1, 0.15) is 49.7 Å². The molecule has 1 aromatic carbocycles. The highest BCUT2D eigenvalue weighted by Gasteiger charge is 2.54. The molecule has 3 fully saturated rings. The standard InChI is InChI=1S/C27H32FN5O3/c1-32(17-23-21-9-2-3-10-22(21)30-31-23)24(34)13-27(19-7-4-8-20(28)12-19)14-25(35)33(26(27)36)16-18-6-5-11-29-15-18/h4-8,11-12,15,21-23,30-31H,2-3,9-10,13-14,16-17H2,1H3. The number of nitrogens with zero attached hydrogens (tertiary/aromatic N) is 3. The lowest BCUT2D eigenvalue weighted by molar-refractivity contribution is -0.143. The van der Waals surface area contributed by atoms with E-state index in [1.807, 2.05) is 0 Å². The van der Waals surface area contributed by atoms with Crippen LogP contribution >= 0.6 is 0 Å². The van der Waals surface area contributed by atoms with Gasteiger partial charge >= 0.3 is 0 Å².